The van der Waals surface area contributed by atoms with Gasteiger partial charge in [-0.1, -0.05) is 12.1 Å². The first kappa shape index (κ1) is 16.2. The average molecular weight is 316 g/mol. The van der Waals surface area contributed by atoms with Crippen molar-refractivity contribution < 1.29 is 17.5 Å². The highest BCUT2D eigenvalue weighted by atomic mass is 32.2. The Morgan fingerprint density at radius 3 is 2.76 bits per heavy atom. The van der Waals surface area contributed by atoms with E-state index in [2.05, 4.69) is 0 Å². The third-order valence-electron chi connectivity index (χ3n) is 3.44. The number of hydrogen-bond donors (Lipinski definition) is 1. The fourth-order valence-corrected chi connectivity index (χ4v) is 4.17. The number of para-hydroxylation sites is 1. The third kappa shape index (κ3) is 4.15. The van der Waals surface area contributed by atoms with Crippen molar-refractivity contribution in [3.05, 3.63) is 30.1 Å². The summed E-state index contributed by atoms with van der Waals surface area (Å²) in [5, 5.41) is 0. The second-order valence-electron chi connectivity index (χ2n) is 5.08. The van der Waals surface area contributed by atoms with Gasteiger partial charge < -0.3 is 10.5 Å². The highest BCUT2D eigenvalue weighted by molar-refractivity contribution is 7.92. The van der Waals surface area contributed by atoms with E-state index < -0.39 is 15.8 Å². The van der Waals surface area contributed by atoms with Gasteiger partial charge in [-0.2, -0.15) is 0 Å². The van der Waals surface area contributed by atoms with Crippen molar-refractivity contribution in [2.24, 2.45) is 5.73 Å². The fraction of sp³-hybridized carbons (Fsp3) is 0.571. The molecule has 1 aliphatic heterocycles. The van der Waals surface area contributed by atoms with Crippen molar-refractivity contribution in [3.8, 4) is 0 Å². The Labute approximate surface area is 124 Å². The summed E-state index contributed by atoms with van der Waals surface area (Å²) in [4.78, 5) is 0. The van der Waals surface area contributed by atoms with Crippen molar-refractivity contribution in [3.63, 3.8) is 0 Å². The fourth-order valence-electron chi connectivity index (χ4n) is 2.40. The molecule has 0 amide bonds. The Hall–Kier alpha value is -1.18. The molecule has 0 spiro atoms. The number of halogens is 1. The molecule has 21 heavy (non-hydrogen) atoms. The molecule has 1 unspecified atom stereocenters. The molecular formula is C14H21FN2O3S. The average Bonchev–Trinajstić information content (AvgIpc) is 2.93. The minimum Gasteiger partial charge on any atom is -0.377 e. The second kappa shape index (κ2) is 7.20. The van der Waals surface area contributed by atoms with Crippen LogP contribution in [0.5, 0.6) is 0 Å². The van der Waals surface area contributed by atoms with Gasteiger partial charge in [0.05, 0.1) is 17.5 Å². The Kier molecular flexibility index (Phi) is 5.55. The number of ether oxygens (including phenoxy) is 1. The van der Waals surface area contributed by atoms with Gasteiger partial charge in [0, 0.05) is 13.2 Å². The molecule has 2 rings (SSSR count). The van der Waals surface area contributed by atoms with Gasteiger partial charge in [0.15, 0.2) is 0 Å². The molecule has 7 heteroatoms. The van der Waals surface area contributed by atoms with Crippen LogP contribution in [-0.4, -0.2) is 40.0 Å². The molecule has 1 atom stereocenters. The standard InChI is InChI=1S/C14H21FN2O3S/c15-13-6-1-2-7-14(13)17(9-4-8-16)21(18,19)11-12-5-3-10-20-12/h1-2,6-7,12H,3-5,8-11,16H2. The number of hydrogen-bond acceptors (Lipinski definition) is 4. The molecule has 0 bridgehead atoms. The summed E-state index contributed by atoms with van der Waals surface area (Å²) in [5.74, 6) is -0.670. The molecule has 0 aromatic heterocycles. The highest BCUT2D eigenvalue weighted by Gasteiger charge is 2.29. The summed E-state index contributed by atoms with van der Waals surface area (Å²) >= 11 is 0. The van der Waals surface area contributed by atoms with Crippen LogP contribution in [0.25, 0.3) is 0 Å². The molecule has 1 fully saturated rings. The zero-order valence-corrected chi connectivity index (χ0v) is 12.7. The van der Waals surface area contributed by atoms with Gasteiger partial charge in [-0.05, 0) is 37.9 Å². The number of rotatable bonds is 7. The predicted molar refractivity (Wildman–Crippen MR) is 80.2 cm³/mol. The Morgan fingerprint density at radius 1 is 1.38 bits per heavy atom. The maximum atomic E-state index is 13.9. The van der Waals surface area contributed by atoms with Crippen molar-refractivity contribution in [2.75, 3.05) is 29.8 Å². The van der Waals surface area contributed by atoms with E-state index in [1.54, 1.807) is 6.07 Å². The van der Waals surface area contributed by atoms with Gasteiger partial charge in [0.1, 0.15) is 5.82 Å². The van der Waals surface area contributed by atoms with Crippen molar-refractivity contribution in [1.82, 2.24) is 0 Å². The topological polar surface area (TPSA) is 72.6 Å². The minimum absolute atomic E-state index is 0.0731. The van der Waals surface area contributed by atoms with E-state index in [0.29, 0.717) is 19.6 Å². The van der Waals surface area contributed by atoms with Crippen molar-refractivity contribution >= 4 is 15.7 Å². The third-order valence-corrected chi connectivity index (χ3v) is 5.29. The summed E-state index contributed by atoms with van der Waals surface area (Å²) < 4.78 is 45.6. The molecule has 0 radical (unpaired) electrons. The predicted octanol–water partition coefficient (Wildman–Crippen LogP) is 1.49. The van der Waals surface area contributed by atoms with Crippen LogP contribution in [0.15, 0.2) is 24.3 Å². The van der Waals surface area contributed by atoms with E-state index in [1.165, 1.54) is 18.2 Å². The Bertz CT molecular complexity index is 559. The van der Waals surface area contributed by atoms with Crippen LogP contribution in [0.2, 0.25) is 0 Å². The van der Waals surface area contributed by atoms with E-state index in [0.717, 1.165) is 17.1 Å². The lowest BCUT2D eigenvalue weighted by atomic mass is 10.3. The van der Waals surface area contributed by atoms with Crippen LogP contribution in [0.4, 0.5) is 10.1 Å². The first-order valence-electron chi connectivity index (χ1n) is 7.11. The zero-order chi connectivity index (χ0) is 15.3. The molecule has 0 saturated carbocycles. The van der Waals surface area contributed by atoms with Crippen LogP contribution in [0.3, 0.4) is 0 Å². The van der Waals surface area contributed by atoms with Gasteiger partial charge in [-0.25, -0.2) is 12.8 Å². The maximum Gasteiger partial charge on any atom is 0.237 e. The molecule has 5 nitrogen and oxygen atoms in total. The SMILES string of the molecule is NCCCN(c1ccccc1F)S(=O)(=O)CC1CCCO1. The van der Waals surface area contributed by atoms with Crippen LogP contribution >= 0.6 is 0 Å². The summed E-state index contributed by atoms with van der Waals surface area (Å²) in [6.45, 7) is 1.11. The van der Waals surface area contributed by atoms with Gasteiger partial charge >= 0.3 is 0 Å². The number of nitrogens with two attached hydrogens (primary N) is 1. The summed E-state index contributed by atoms with van der Waals surface area (Å²) in [6, 6.07) is 5.88. The summed E-state index contributed by atoms with van der Waals surface area (Å²) in [6.07, 6.45) is 1.75. The molecule has 1 saturated heterocycles. The summed E-state index contributed by atoms with van der Waals surface area (Å²) in [7, 11) is -3.64. The quantitative estimate of drug-likeness (QED) is 0.827. The van der Waals surface area contributed by atoms with E-state index in [1.807, 2.05) is 0 Å². The lowest BCUT2D eigenvalue weighted by molar-refractivity contribution is 0.127. The molecule has 2 N–H and O–H groups in total. The van der Waals surface area contributed by atoms with Gasteiger partial charge in [0.2, 0.25) is 10.0 Å². The number of nitrogens with zero attached hydrogens (tertiary/aromatic N) is 1. The monoisotopic (exact) mass is 316 g/mol. The first-order chi connectivity index (χ1) is 10.0. The number of benzene rings is 1. The molecular weight excluding hydrogens is 295 g/mol. The molecule has 1 heterocycles. The van der Waals surface area contributed by atoms with E-state index in [9.17, 15) is 12.8 Å². The highest BCUT2D eigenvalue weighted by Crippen LogP contribution is 2.24. The lowest BCUT2D eigenvalue weighted by Gasteiger charge is -2.26. The maximum absolute atomic E-state index is 13.9. The summed E-state index contributed by atoms with van der Waals surface area (Å²) in [5.41, 5.74) is 5.53. The van der Waals surface area contributed by atoms with Crippen LogP contribution < -0.4 is 10.0 Å². The molecule has 118 valence electrons. The smallest absolute Gasteiger partial charge is 0.237 e. The van der Waals surface area contributed by atoms with Crippen LogP contribution in [0, 0.1) is 5.82 Å². The van der Waals surface area contributed by atoms with Crippen LogP contribution in [-0.2, 0) is 14.8 Å². The van der Waals surface area contributed by atoms with Crippen molar-refractivity contribution in [1.29, 1.82) is 0 Å². The van der Waals surface area contributed by atoms with Crippen LogP contribution in [0.1, 0.15) is 19.3 Å². The largest absolute Gasteiger partial charge is 0.377 e. The normalized spacial score (nSPS) is 18.9. The molecule has 1 aliphatic rings. The molecule has 1 aromatic rings. The van der Waals surface area contributed by atoms with Gasteiger partial charge in [-0.3, -0.25) is 4.31 Å². The molecule has 0 aliphatic carbocycles. The first-order valence-corrected chi connectivity index (χ1v) is 8.72. The van der Waals surface area contributed by atoms with Crippen molar-refractivity contribution in [2.45, 2.75) is 25.4 Å². The Morgan fingerprint density at radius 2 is 2.14 bits per heavy atom. The van der Waals surface area contributed by atoms with Gasteiger partial charge in [-0.15, -0.1) is 0 Å². The van der Waals surface area contributed by atoms with E-state index >= 15 is 0 Å². The lowest BCUT2D eigenvalue weighted by Crippen LogP contribution is -2.38. The van der Waals surface area contributed by atoms with E-state index in [4.69, 9.17) is 10.5 Å². The number of anilines is 1. The minimum atomic E-state index is -3.64. The second-order valence-corrected chi connectivity index (χ2v) is 7.02. The Balaban J connectivity index is 2.24. The zero-order valence-electron chi connectivity index (χ0n) is 11.9. The van der Waals surface area contributed by atoms with Gasteiger partial charge in [0.25, 0.3) is 0 Å². The van der Waals surface area contributed by atoms with E-state index in [-0.39, 0.29) is 24.1 Å². The number of sulfonamides is 1. The molecule has 1 aromatic carbocycles.